The fourth-order valence-corrected chi connectivity index (χ4v) is 3.16. The van der Waals surface area contributed by atoms with Crippen LogP contribution in [-0.2, 0) is 4.79 Å². The normalized spacial score (nSPS) is 29.3. The van der Waals surface area contributed by atoms with Crippen LogP contribution >= 0.6 is 0 Å². The van der Waals surface area contributed by atoms with Crippen LogP contribution in [0, 0.1) is 0 Å². The summed E-state index contributed by atoms with van der Waals surface area (Å²) in [5.41, 5.74) is 0. The highest BCUT2D eigenvalue weighted by Gasteiger charge is 2.36. The highest BCUT2D eigenvalue weighted by atomic mass is 16.4. The number of aliphatic hydroxyl groups excluding tert-OH is 1. The van der Waals surface area contributed by atoms with Crippen molar-refractivity contribution < 1.29 is 19.8 Å². The zero-order valence-corrected chi connectivity index (χ0v) is 11.7. The Morgan fingerprint density at radius 2 is 2.00 bits per heavy atom. The maximum absolute atomic E-state index is 11.9. The van der Waals surface area contributed by atoms with Gasteiger partial charge in [0.1, 0.15) is 0 Å². The minimum Gasteiger partial charge on any atom is -0.480 e. The third-order valence-electron chi connectivity index (χ3n) is 4.21. The Labute approximate surface area is 118 Å². The molecule has 0 spiro atoms. The SMILES string of the molecule is CC(O)C(NC(=O)NC1CCN2CCCCC12)C(=O)O. The summed E-state index contributed by atoms with van der Waals surface area (Å²) in [7, 11) is 0. The van der Waals surface area contributed by atoms with Crippen LogP contribution in [0.2, 0.25) is 0 Å². The number of carboxylic acids is 1. The smallest absolute Gasteiger partial charge is 0.328 e. The van der Waals surface area contributed by atoms with Crippen molar-refractivity contribution in [1.29, 1.82) is 0 Å². The largest absolute Gasteiger partial charge is 0.480 e. The van der Waals surface area contributed by atoms with Crippen molar-refractivity contribution in [2.45, 2.75) is 56.8 Å². The van der Waals surface area contributed by atoms with Gasteiger partial charge in [-0.15, -0.1) is 0 Å². The van der Waals surface area contributed by atoms with E-state index < -0.39 is 24.1 Å². The van der Waals surface area contributed by atoms with E-state index in [9.17, 15) is 14.7 Å². The maximum Gasteiger partial charge on any atom is 0.328 e. The number of piperidine rings is 1. The maximum atomic E-state index is 11.9. The van der Waals surface area contributed by atoms with E-state index in [0.717, 1.165) is 25.9 Å². The first-order valence-corrected chi connectivity index (χ1v) is 7.21. The second kappa shape index (κ2) is 6.41. The van der Waals surface area contributed by atoms with E-state index in [1.807, 2.05) is 0 Å². The molecule has 7 nitrogen and oxygen atoms in total. The van der Waals surface area contributed by atoms with Gasteiger partial charge in [0.25, 0.3) is 0 Å². The molecule has 4 N–H and O–H groups in total. The van der Waals surface area contributed by atoms with Gasteiger partial charge in [-0.05, 0) is 32.7 Å². The molecule has 0 aromatic carbocycles. The first kappa shape index (κ1) is 15.1. The quantitative estimate of drug-likeness (QED) is 0.570. The molecule has 2 fully saturated rings. The number of amides is 2. The number of carbonyl (C=O) groups excluding carboxylic acids is 1. The van der Waals surface area contributed by atoms with Crippen molar-refractivity contribution in [2.24, 2.45) is 0 Å². The number of aliphatic hydroxyl groups is 1. The summed E-state index contributed by atoms with van der Waals surface area (Å²) in [6, 6.07) is -1.36. The van der Waals surface area contributed by atoms with Crippen molar-refractivity contribution >= 4 is 12.0 Å². The average molecular weight is 285 g/mol. The number of hydrogen-bond donors (Lipinski definition) is 4. The lowest BCUT2D eigenvalue weighted by Crippen LogP contribution is -2.55. The molecular formula is C13H23N3O4. The molecule has 4 atom stereocenters. The minimum atomic E-state index is -1.28. The van der Waals surface area contributed by atoms with Crippen LogP contribution in [0.25, 0.3) is 0 Å². The van der Waals surface area contributed by atoms with Crippen molar-refractivity contribution in [3.05, 3.63) is 0 Å². The molecule has 0 bridgehead atoms. The molecule has 2 amide bonds. The second-order valence-electron chi connectivity index (χ2n) is 5.67. The topological polar surface area (TPSA) is 102 Å². The summed E-state index contributed by atoms with van der Waals surface area (Å²) in [6.07, 6.45) is 3.21. The molecule has 0 aromatic rings. The number of nitrogens with one attached hydrogen (secondary N) is 2. The zero-order valence-electron chi connectivity index (χ0n) is 11.7. The molecule has 0 aromatic heterocycles. The van der Waals surface area contributed by atoms with Crippen LogP contribution in [0.3, 0.4) is 0 Å². The van der Waals surface area contributed by atoms with Crippen molar-refractivity contribution in [3.8, 4) is 0 Å². The van der Waals surface area contributed by atoms with Crippen LogP contribution in [-0.4, -0.2) is 64.4 Å². The molecule has 7 heteroatoms. The van der Waals surface area contributed by atoms with Gasteiger partial charge in [-0.25, -0.2) is 9.59 Å². The van der Waals surface area contributed by atoms with Gasteiger partial charge < -0.3 is 20.8 Å². The molecule has 2 heterocycles. The summed E-state index contributed by atoms with van der Waals surface area (Å²) < 4.78 is 0. The Bertz CT molecular complexity index is 375. The highest BCUT2D eigenvalue weighted by molar-refractivity contribution is 5.83. The molecule has 114 valence electrons. The van der Waals surface area contributed by atoms with Crippen molar-refractivity contribution in [1.82, 2.24) is 15.5 Å². The monoisotopic (exact) mass is 285 g/mol. The number of nitrogens with zero attached hydrogens (tertiary/aromatic N) is 1. The Morgan fingerprint density at radius 1 is 1.25 bits per heavy atom. The van der Waals surface area contributed by atoms with Crippen LogP contribution in [0.5, 0.6) is 0 Å². The minimum absolute atomic E-state index is 0.0683. The van der Waals surface area contributed by atoms with E-state index in [1.165, 1.54) is 19.8 Å². The number of hydrogen-bond acceptors (Lipinski definition) is 4. The second-order valence-corrected chi connectivity index (χ2v) is 5.67. The van der Waals surface area contributed by atoms with Crippen LogP contribution < -0.4 is 10.6 Å². The van der Waals surface area contributed by atoms with E-state index in [2.05, 4.69) is 15.5 Å². The molecule has 2 saturated heterocycles. The molecule has 20 heavy (non-hydrogen) atoms. The Kier molecular flexibility index (Phi) is 4.82. The number of urea groups is 1. The fourth-order valence-electron chi connectivity index (χ4n) is 3.16. The number of fused-ring (bicyclic) bond motifs is 1. The lowest BCUT2D eigenvalue weighted by atomic mass is 9.99. The van der Waals surface area contributed by atoms with E-state index in [-0.39, 0.29) is 6.04 Å². The average Bonchev–Trinajstić information content (AvgIpc) is 2.79. The van der Waals surface area contributed by atoms with Crippen LogP contribution in [0.15, 0.2) is 0 Å². The van der Waals surface area contributed by atoms with Crippen molar-refractivity contribution in [3.63, 3.8) is 0 Å². The third kappa shape index (κ3) is 3.40. The molecule has 0 saturated carbocycles. The summed E-state index contributed by atoms with van der Waals surface area (Å²) in [4.78, 5) is 25.2. The molecule has 0 aliphatic carbocycles. The first-order chi connectivity index (χ1) is 9.49. The summed E-state index contributed by atoms with van der Waals surface area (Å²) in [6.45, 7) is 3.40. The summed E-state index contributed by atoms with van der Waals surface area (Å²) in [5.74, 6) is -1.24. The van der Waals surface area contributed by atoms with Gasteiger partial charge >= 0.3 is 12.0 Å². The van der Waals surface area contributed by atoms with Gasteiger partial charge in [-0.1, -0.05) is 6.42 Å². The van der Waals surface area contributed by atoms with Crippen molar-refractivity contribution in [2.75, 3.05) is 13.1 Å². The van der Waals surface area contributed by atoms with Gasteiger partial charge in [0.05, 0.1) is 6.10 Å². The first-order valence-electron chi connectivity index (χ1n) is 7.21. The molecule has 0 radical (unpaired) electrons. The highest BCUT2D eigenvalue weighted by Crippen LogP contribution is 2.26. The summed E-state index contributed by atoms with van der Waals surface area (Å²) in [5, 5.41) is 23.5. The molecule has 4 unspecified atom stereocenters. The number of carbonyl (C=O) groups is 2. The Balaban J connectivity index is 1.86. The van der Waals surface area contributed by atoms with Gasteiger partial charge in [0.15, 0.2) is 6.04 Å². The molecule has 2 rings (SSSR count). The Hall–Kier alpha value is -1.34. The van der Waals surface area contributed by atoms with Gasteiger partial charge in [-0.3, -0.25) is 4.90 Å². The predicted molar refractivity (Wildman–Crippen MR) is 72.4 cm³/mol. The van der Waals surface area contributed by atoms with E-state index in [1.54, 1.807) is 0 Å². The third-order valence-corrected chi connectivity index (χ3v) is 4.21. The number of carboxylic acid groups (broad SMARTS) is 1. The Morgan fingerprint density at radius 3 is 2.65 bits per heavy atom. The number of rotatable bonds is 4. The van der Waals surface area contributed by atoms with Gasteiger partial charge in [0.2, 0.25) is 0 Å². The summed E-state index contributed by atoms with van der Waals surface area (Å²) >= 11 is 0. The predicted octanol–water partition coefficient (Wildman–Crippen LogP) is -0.254. The van der Waals surface area contributed by atoms with Gasteiger partial charge in [-0.2, -0.15) is 0 Å². The van der Waals surface area contributed by atoms with Crippen LogP contribution in [0.1, 0.15) is 32.6 Å². The number of aliphatic carboxylic acids is 1. The van der Waals surface area contributed by atoms with Crippen LogP contribution in [0.4, 0.5) is 4.79 Å². The van der Waals surface area contributed by atoms with E-state index in [4.69, 9.17) is 5.11 Å². The van der Waals surface area contributed by atoms with Gasteiger partial charge in [0, 0.05) is 18.6 Å². The fraction of sp³-hybridized carbons (Fsp3) is 0.846. The van der Waals surface area contributed by atoms with E-state index in [0.29, 0.717) is 6.04 Å². The lowest BCUT2D eigenvalue weighted by molar-refractivity contribution is -0.141. The standard InChI is InChI=1S/C13H23N3O4/c1-8(17)11(12(18)19)15-13(20)14-9-5-7-16-6-3-2-4-10(9)16/h8-11,17H,2-7H2,1H3,(H,18,19)(H2,14,15,20). The molecule has 2 aliphatic rings. The lowest BCUT2D eigenvalue weighted by Gasteiger charge is -2.32. The van der Waals surface area contributed by atoms with E-state index >= 15 is 0 Å². The zero-order chi connectivity index (χ0) is 14.7. The molecule has 2 aliphatic heterocycles. The molecular weight excluding hydrogens is 262 g/mol.